The van der Waals surface area contributed by atoms with Crippen LogP contribution in [-0.4, -0.2) is 52.6 Å². The molecule has 0 aliphatic carbocycles. The van der Waals surface area contributed by atoms with Gasteiger partial charge in [0.25, 0.3) is 0 Å². The highest BCUT2D eigenvalue weighted by molar-refractivity contribution is 8.20. The predicted molar refractivity (Wildman–Crippen MR) is 90.6 cm³/mol. The molecule has 0 unspecified atom stereocenters. The Bertz CT molecular complexity index is 329. The molecule has 0 spiro atoms. The van der Waals surface area contributed by atoms with Gasteiger partial charge in [-0.2, -0.15) is 0 Å². The van der Waals surface area contributed by atoms with Crippen LogP contribution in [0.1, 0.15) is 40.0 Å². The van der Waals surface area contributed by atoms with Crippen LogP contribution in [0.5, 0.6) is 0 Å². The van der Waals surface area contributed by atoms with Gasteiger partial charge in [0.05, 0.1) is 11.2 Å². The molecule has 1 aliphatic heterocycles. The smallest absolute Gasteiger partial charge is 0.306 e. The Morgan fingerprint density at radius 3 is 2.29 bits per heavy atom. The fourth-order valence-electron chi connectivity index (χ4n) is 2.46. The molecule has 0 aromatic rings. The molecule has 1 atom stereocenters. The molecule has 0 N–H and O–H groups in total. The molecule has 1 aliphatic rings. The maximum atomic E-state index is 12.3. The number of hydrogen-bond acceptors (Lipinski definition) is 5. The van der Waals surface area contributed by atoms with Crippen LogP contribution in [0.4, 0.5) is 0 Å². The van der Waals surface area contributed by atoms with Crippen molar-refractivity contribution in [2.45, 2.75) is 44.6 Å². The summed E-state index contributed by atoms with van der Waals surface area (Å²) in [5.41, 5.74) is 0. The lowest BCUT2D eigenvalue weighted by molar-refractivity contribution is -0.144. The van der Waals surface area contributed by atoms with Crippen molar-refractivity contribution >= 4 is 35.4 Å². The molecule has 0 bridgehead atoms. The van der Waals surface area contributed by atoms with E-state index in [4.69, 9.17) is 4.74 Å². The zero-order valence-electron chi connectivity index (χ0n) is 13.3. The van der Waals surface area contributed by atoms with Gasteiger partial charge in [0.1, 0.15) is 0 Å². The molecule has 0 aromatic heterocycles. The fourth-order valence-corrected chi connectivity index (χ4v) is 5.54. The Balaban J connectivity index is 2.56. The molecule has 0 saturated carbocycles. The van der Waals surface area contributed by atoms with Crippen LogP contribution < -0.4 is 0 Å². The van der Waals surface area contributed by atoms with Gasteiger partial charge >= 0.3 is 5.97 Å². The van der Waals surface area contributed by atoms with Crippen molar-refractivity contribution in [3.8, 4) is 0 Å². The Hall–Kier alpha value is -0.360. The first-order valence-electron chi connectivity index (χ1n) is 7.77. The number of rotatable bonds is 9. The number of esters is 1. The van der Waals surface area contributed by atoms with E-state index in [0.29, 0.717) is 24.0 Å². The third-order valence-corrected chi connectivity index (χ3v) is 6.64. The van der Waals surface area contributed by atoms with Crippen LogP contribution in [0, 0.1) is 5.92 Å². The van der Waals surface area contributed by atoms with E-state index >= 15 is 0 Å². The van der Waals surface area contributed by atoms with Gasteiger partial charge in [-0.1, -0.05) is 0 Å². The Morgan fingerprint density at radius 2 is 1.76 bits per heavy atom. The average molecular weight is 334 g/mol. The Kier molecular flexibility index (Phi) is 9.24. The van der Waals surface area contributed by atoms with Gasteiger partial charge in [-0.25, -0.2) is 0 Å². The summed E-state index contributed by atoms with van der Waals surface area (Å²) in [6.45, 7) is 7.66. The topological polar surface area (TPSA) is 46.6 Å². The summed E-state index contributed by atoms with van der Waals surface area (Å²) in [6.07, 6.45) is 1.73. The van der Waals surface area contributed by atoms with E-state index < -0.39 is 0 Å². The first-order chi connectivity index (χ1) is 10.1. The third kappa shape index (κ3) is 6.96. The van der Waals surface area contributed by atoms with Crippen molar-refractivity contribution in [1.82, 2.24) is 4.90 Å². The summed E-state index contributed by atoms with van der Waals surface area (Å²) >= 11 is 3.89. The van der Waals surface area contributed by atoms with Gasteiger partial charge in [0.15, 0.2) is 0 Å². The normalized spacial score (nSPS) is 16.7. The second-order valence-corrected chi connectivity index (χ2v) is 7.97. The minimum atomic E-state index is -0.178. The molecule has 0 aromatic carbocycles. The van der Waals surface area contributed by atoms with E-state index in [-0.39, 0.29) is 17.8 Å². The molecule has 1 saturated heterocycles. The summed E-state index contributed by atoms with van der Waals surface area (Å²) in [5.74, 6) is 2.42. The molecule has 122 valence electrons. The molecule has 0 radical (unpaired) electrons. The monoisotopic (exact) mass is 333 g/mol. The Morgan fingerprint density at radius 1 is 1.14 bits per heavy atom. The van der Waals surface area contributed by atoms with E-state index in [1.807, 2.05) is 49.2 Å². The summed E-state index contributed by atoms with van der Waals surface area (Å²) < 4.78 is 5.58. The summed E-state index contributed by atoms with van der Waals surface area (Å²) in [7, 11) is 0. The zero-order chi connectivity index (χ0) is 15.7. The first-order valence-corrected chi connectivity index (χ1v) is 9.86. The van der Waals surface area contributed by atoms with E-state index in [9.17, 15) is 9.59 Å². The van der Waals surface area contributed by atoms with Crippen molar-refractivity contribution in [2.24, 2.45) is 5.92 Å². The largest absolute Gasteiger partial charge is 0.466 e. The molecule has 21 heavy (non-hydrogen) atoms. The van der Waals surface area contributed by atoms with E-state index in [0.717, 1.165) is 19.5 Å². The van der Waals surface area contributed by atoms with Crippen molar-refractivity contribution in [1.29, 1.82) is 0 Å². The molecule has 6 heteroatoms. The lowest BCUT2D eigenvalue weighted by Crippen LogP contribution is -2.32. The number of amides is 1. The van der Waals surface area contributed by atoms with E-state index in [2.05, 4.69) is 0 Å². The number of ether oxygens (including phenoxy) is 1. The maximum absolute atomic E-state index is 12.3. The number of nitrogens with zero attached hydrogens (tertiary/aromatic N) is 1. The van der Waals surface area contributed by atoms with Crippen LogP contribution in [0.25, 0.3) is 0 Å². The SMILES string of the molecule is CCOC(=O)C[C@H](CC(=O)N(CC)CC)CC1SCCS1. The number of thioether (sulfide) groups is 2. The second kappa shape index (κ2) is 10.4. The van der Waals surface area contributed by atoms with Crippen molar-refractivity contribution in [3.63, 3.8) is 0 Å². The van der Waals surface area contributed by atoms with E-state index in [1.54, 1.807) is 0 Å². The van der Waals surface area contributed by atoms with Crippen molar-refractivity contribution in [2.75, 3.05) is 31.2 Å². The molecular weight excluding hydrogens is 306 g/mol. The first kappa shape index (κ1) is 18.7. The van der Waals surface area contributed by atoms with E-state index in [1.165, 1.54) is 11.5 Å². The number of carbonyl (C=O) groups excluding carboxylic acids is 2. The van der Waals surface area contributed by atoms with Crippen LogP contribution in [0.3, 0.4) is 0 Å². The van der Waals surface area contributed by atoms with Crippen molar-refractivity contribution in [3.05, 3.63) is 0 Å². The van der Waals surface area contributed by atoms with Gasteiger partial charge in [0.2, 0.25) is 5.91 Å². The third-order valence-electron chi connectivity index (χ3n) is 3.56. The highest BCUT2D eigenvalue weighted by atomic mass is 32.2. The maximum Gasteiger partial charge on any atom is 0.306 e. The van der Waals surface area contributed by atoms with Gasteiger partial charge in [-0.3, -0.25) is 9.59 Å². The number of carbonyl (C=O) groups is 2. The average Bonchev–Trinajstić information content (AvgIpc) is 2.93. The van der Waals surface area contributed by atoms with Gasteiger partial charge in [-0.15, -0.1) is 23.5 Å². The van der Waals surface area contributed by atoms with Gasteiger partial charge < -0.3 is 9.64 Å². The van der Waals surface area contributed by atoms with Crippen molar-refractivity contribution < 1.29 is 14.3 Å². The quantitative estimate of drug-likeness (QED) is 0.607. The standard InChI is InChI=1S/C15H27NO3S2/c1-4-16(5-2)13(17)9-12(10-14(18)19-6-3)11-15-20-7-8-21-15/h12,15H,4-11H2,1-3H3/t12-/m0/s1. The summed E-state index contributed by atoms with van der Waals surface area (Å²) in [4.78, 5) is 25.9. The lowest BCUT2D eigenvalue weighted by atomic mass is 9.97. The molecular formula is C15H27NO3S2. The number of hydrogen-bond donors (Lipinski definition) is 0. The van der Waals surface area contributed by atoms with Crippen LogP contribution in [-0.2, 0) is 14.3 Å². The highest BCUT2D eigenvalue weighted by Crippen LogP contribution is 2.37. The molecule has 1 rings (SSSR count). The second-order valence-electron chi connectivity index (χ2n) is 5.05. The molecule has 4 nitrogen and oxygen atoms in total. The Labute approximate surface area is 136 Å². The predicted octanol–water partition coefficient (Wildman–Crippen LogP) is 3.01. The highest BCUT2D eigenvalue weighted by Gasteiger charge is 2.26. The minimum Gasteiger partial charge on any atom is -0.466 e. The van der Waals surface area contributed by atoms with Crippen LogP contribution in [0.2, 0.25) is 0 Å². The van der Waals surface area contributed by atoms with Crippen LogP contribution >= 0.6 is 23.5 Å². The van der Waals surface area contributed by atoms with Gasteiger partial charge in [0, 0.05) is 37.4 Å². The lowest BCUT2D eigenvalue weighted by Gasteiger charge is -2.23. The fraction of sp³-hybridized carbons (Fsp3) is 0.867. The van der Waals surface area contributed by atoms with Crippen LogP contribution in [0.15, 0.2) is 0 Å². The molecule has 1 amide bonds. The molecule has 1 heterocycles. The molecule has 1 fully saturated rings. The zero-order valence-corrected chi connectivity index (χ0v) is 14.9. The van der Waals surface area contributed by atoms with Gasteiger partial charge in [-0.05, 0) is 33.1 Å². The summed E-state index contributed by atoms with van der Waals surface area (Å²) in [6, 6.07) is 0. The minimum absolute atomic E-state index is 0.0975. The summed E-state index contributed by atoms with van der Waals surface area (Å²) in [5, 5.41) is 0.